The van der Waals surface area contributed by atoms with Crippen molar-refractivity contribution in [3.05, 3.63) is 64.5 Å². The number of benzene rings is 1. The molecule has 0 unspecified atom stereocenters. The van der Waals surface area contributed by atoms with Gasteiger partial charge in [-0.05, 0) is 45.8 Å². The molecule has 0 radical (unpaired) electrons. The molecule has 1 N–H and O–H groups in total. The average Bonchev–Trinajstić information content (AvgIpc) is 3.00. The lowest BCUT2D eigenvalue weighted by Crippen LogP contribution is -2.14. The zero-order chi connectivity index (χ0) is 16.7. The summed E-state index contributed by atoms with van der Waals surface area (Å²) in [6.45, 7) is 5.58. The van der Waals surface area contributed by atoms with E-state index in [-0.39, 0.29) is 0 Å². The Morgan fingerprint density at radius 3 is 2.52 bits per heavy atom. The highest BCUT2D eigenvalue weighted by Gasteiger charge is 2.03. The molecule has 0 fully saturated rings. The van der Waals surface area contributed by atoms with E-state index in [4.69, 9.17) is 4.74 Å². The van der Waals surface area contributed by atoms with E-state index in [1.807, 2.05) is 50.5 Å². The van der Waals surface area contributed by atoms with Crippen LogP contribution in [0.1, 0.15) is 25.1 Å². The number of halogens is 1. The third kappa shape index (κ3) is 4.56. The number of rotatable bonds is 5. The van der Waals surface area contributed by atoms with Gasteiger partial charge in [0.15, 0.2) is 0 Å². The standard InChI is InChI=1S/C16H16BrN3O.C2H6/c1-21-15-5-2-12(3-6-15)8-18-9-14-10-19-16-7-4-13(17)11-20(14)16;1-2/h2-7,10-11,18H,8-9H2,1H3;1-2H3. The lowest BCUT2D eigenvalue weighted by molar-refractivity contribution is 0.414. The summed E-state index contributed by atoms with van der Waals surface area (Å²) in [5.41, 5.74) is 3.32. The summed E-state index contributed by atoms with van der Waals surface area (Å²) < 4.78 is 8.29. The first-order chi connectivity index (χ1) is 11.3. The predicted molar refractivity (Wildman–Crippen MR) is 97.8 cm³/mol. The second-order valence-corrected chi connectivity index (χ2v) is 5.69. The van der Waals surface area contributed by atoms with Crippen molar-refractivity contribution in [2.45, 2.75) is 26.9 Å². The monoisotopic (exact) mass is 375 g/mol. The highest BCUT2D eigenvalue weighted by atomic mass is 79.9. The van der Waals surface area contributed by atoms with Crippen LogP contribution in [0.2, 0.25) is 0 Å². The van der Waals surface area contributed by atoms with Crippen molar-refractivity contribution in [1.29, 1.82) is 0 Å². The van der Waals surface area contributed by atoms with Crippen LogP contribution in [0.3, 0.4) is 0 Å². The lowest BCUT2D eigenvalue weighted by Gasteiger charge is -2.06. The Hall–Kier alpha value is -1.85. The number of pyridine rings is 1. The van der Waals surface area contributed by atoms with Gasteiger partial charge >= 0.3 is 0 Å². The average molecular weight is 376 g/mol. The summed E-state index contributed by atoms with van der Waals surface area (Å²) in [5, 5.41) is 3.44. The van der Waals surface area contributed by atoms with E-state index in [0.717, 1.165) is 34.7 Å². The first-order valence-electron chi connectivity index (χ1n) is 7.71. The fourth-order valence-electron chi connectivity index (χ4n) is 2.21. The second kappa shape index (κ2) is 8.70. The van der Waals surface area contributed by atoms with E-state index in [1.54, 1.807) is 7.11 Å². The van der Waals surface area contributed by atoms with Crippen LogP contribution >= 0.6 is 15.9 Å². The van der Waals surface area contributed by atoms with E-state index >= 15 is 0 Å². The SMILES string of the molecule is CC.COc1ccc(CNCc2cnc3ccc(Br)cn23)cc1. The first kappa shape index (κ1) is 17.5. The number of hydrogen-bond acceptors (Lipinski definition) is 3. The zero-order valence-electron chi connectivity index (χ0n) is 13.7. The van der Waals surface area contributed by atoms with E-state index in [2.05, 4.69) is 42.8 Å². The van der Waals surface area contributed by atoms with Crippen LogP contribution in [0.4, 0.5) is 0 Å². The van der Waals surface area contributed by atoms with Crippen LogP contribution in [0.5, 0.6) is 5.75 Å². The molecule has 0 atom stereocenters. The van der Waals surface area contributed by atoms with Gasteiger partial charge < -0.3 is 14.5 Å². The Bertz CT molecular complexity index is 738. The van der Waals surface area contributed by atoms with Crippen LogP contribution < -0.4 is 10.1 Å². The van der Waals surface area contributed by atoms with Gasteiger partial charge in [0.25, 0.3) is 0 Å². The molecule has 5 heteroatoms. The van der Waals surface area contributed by atoms with Gasteiger partial charge in [0, 0.05) is 23.8 Å². The zero-order valence-corrected chi connectivity index (χ0v) is 15.3. The van der Waals surface area contributed by atoms with Crippen molar-refractivity contribution < 1.29 is 4.74 Å². The molecule has 3 rings (SSSR count). The van der Waals surface area contributed by atoms with Crippen molar-refractivity contribution in [2.75, 3.05) is 7.11 Å². The van der Waals surface area contributed by atoms with Gasteiger partial charge in [-0.2, -0.15) is 0 Å². The molecule has 23 heavy (non-hydrogen) atoms. The van der Waals surface area contributed by atoms with Crippen molar-refractivity contribution in [2.24, 2.45) is 0 Å². The van der Waals surface area contributed by atoms with Gasteiger partial charge in [0.05, 0.1) is 19.0 Å². The molecule has 3 aromatic rings. The minimum absolute atomic E-state index is 0.768. The molecule has 2 heterocycles. The Morgan fingerprint density at radius 1 is 1.09 bits per heavy atom. The maximum atomic E-state index is 5.16. The van der Waals surface area contributed by atoms with Crippen LogP contribution in [0.15, 0.2) is 53.3 Å². The molecular weight excluding hydrogens is 354 g/mol. The fraction of sp³-hybridized carbons (Fsp3) is 0.278. The minimum atomic E-state index is 0.768. The summed E-state index contributed by atoms with van der Waals surface area (Å²) in [7, 11) is 1.68. The number of imidazole rings is 1. The molecular formula is C18H22BrN3O. The molecule has 0 amide bonds. The highest BCUT2D eigenvalue weighted by Crippen LogP contribution is 2.14. The van der Waals surface area contributed by atoms with Crippen molar-refractivity contribution in [1.82, 2.24) is 14.7 Å². The molecule has 0 spiro atoms. The predicted octanol–water partition coefficient (Wildman–Crippen LogP) is 4.42. The summed E-state index contributed by atoms with van der Waals surface area (Å²) in [6.07, 6.45) is 3.94. The number of hydrogen-bond donors (Lipinski definition) is 1. The Labute approximate surface area is 145 Å². The molecule has 0 saturated carbocycles. The Morgan fingerprint density at radius 2 is 1.83 bits per heavy atom. The third-order valence-electron chi connectivity index (χ3n) is 3.34. The van der Waals surface area contributed by atoms with Crippen LogP contribution in [0.25, 0.3) is 5.65 Å². The van der Waals surface area contributed by atoms with E-state index in [1.165, 1.54) is 5.56 Å². The number of nitrogens with zero attached hydrogens (tertiary/aromatic N) is 2. The van der Waals surface area contributed by atoms with Crippen molar-refractivity contribution in [3.63, 3.8) is 0 Å². The fourth-order valence-corrected chi connectivity index (χ4v) is 2.55. The second-order valence-electron chi connectivity index (χ2n) is 4.78. The Kier molecular flexibility index (Phi) is 6.62. The quantitative estimate of drug-likeness (QED) is 0.716. The summed E-state index contributed by atoms with van der Waals surface area (Å²) >= 11 is 3.49. The summed E-state index contributed by atoms with van der Waals surface area (Å²) in [6, 6.07) is 12.1. The smallest absolute Gasteiger partial charge is 0.136 e. The molecule has 0 aliphatic rings. The van der Waals surface area contributed by atoms with Crippen LogP contribution in [-0.4, -0.2) is 16.5 Å². The first-order valence-corrected chi connectivity index (χ1v) is 8.51. The van der Waals surface area contributed by atoms with Gasteiger partial charge in [-0.15, -0.1) is 0 Å². The largest absolute Gasteiger partial charge is 0.497 e. The van der Waals surface area contributed by atoms with Crippen LogP contribution in [-0.2, 0) is 13.1 Å². The molecule has 1 aromatic carbocycles. The van der Waals surface area contributed by atoms with Gasteiger partial charge in [0.1, 0.15) is 11.4 Å². The molecule has 0 aliphatic carbocycles. The molecule has 0 saturated heterocycles. The topological polar surface area (TPSA) is 38.6 Å². The summed E-state index contributed by atoms with van der Waals surface area (Å²) in [5.74, 6) is 0.880. The van der Waals surface area contributed by atoms with E-state index in [9.17, 15) is 0 Å². The lowest BCUT2D eigenvalue weighted by atomic mass is 10.2. The number of fused-ring (bicyclic) bond motifs is 1. The molecule has 0 bridgehead atoms. The number of aromatic nitrogens is 2. The third-order valence-corrected chi connectivity index (χ3v) is 3.81. The maximum absolute atomic E-state index is 5.16. The molecule has 2 aromatic heterocycles. The molecule has 0 aliphatic heterocycles. The maximum Gasteiger partial charge on any atom is 0.136 e. The van der Waals surface area contributed by atoms with Gasteiger partial charge in [-0.25, -0.2) is 4.98 Å². The highest BCUT2D eigenvalue weighted by molar-refractivity contribution is 9.10. The number of nitrogens with one attached hydrogen (secondary N) is 1. The number of ether oxygens (including phenoxy) is 1. The van der Waals surface area contributed by atoms with E-state index < -0.39 is 0 Å². The molecule has 122 valence electrons. The van der Waals surface area contributed by atoms with Crippen LogP contribution in [0, 0.1) is 0 Å². The van der Waals surface area contributed by atoms with E-state index in [0.29, 0.717) is 0 Å². The van der Waals surface area contributed by atoms with Crippen molar-refractivity contribution in [3.8, 4) is 5.75 Å². The van der Waals surface area contributed by atoms with Gasteiger partial charge in [-0.3, -0.25) is 0 Å². The van der Waals surface area contributed by atoms with Crippen molar-refractivity contribution >= 4 is 21.6 Å². The van der Waals surface area contributed by atoms with Gasteiger partial charge in [-0.1, -0.05) is 26.0 Å². The Balaban J connectivity index is 0.000000924. The normalized spacial score (nSPS) is 10.3. The summed E-state index contributed by atoms with van der Waals surface area (Å²) in [4.78, 5) is 4.39. The number of methoxy groups -OCH3 is 1. The minimum Gasteiger partial charge on any atom is -0.497 e. The van der Waals surface area contributed by atoms with Gasteiger partial charge in [0.2, 0.25) is 0 Å². The molecule has 4 nitrogen and oxygen atoms in total.